The van der Waals surface area contributed by atoms with Gasteiger partial charge in [-0.2, -0.15) is 0 Å². The molecule has 6 heteroatoms. The summed E-state index contributed by atoms with van der Waals surface area (Å²) in [5, 5.41) is 5.37. The average Bonchev–Trinajstić information content (AvgIpc) is 2.28. The maximum Gasteiger partial charge on any atom is 0.242 e. The second kappa shape index (κ2) is 6.44. The first-order valence-electron chi connectivity index (χ1n) is 5.69. The molecule has 0 aromatic rings. The highest BCUT2D eigenvalue weighted by Gasteiger charge is 2.25. The van der Waals surface area contributed by atoms with E-state index in [1.807, 2.05) is 0 Å². The molecule has 1 aliphatic rings. The molecule has 6 N–H and O–H groups in total. The van der Waals surface area contributed by atoms with Gasteiger partial charge in [-0.05, 0) is 32.2 Å². The van der Waals surface area contributed by atoms with E-state index in [-0.39, 0.29) is 11.8 Å². The molecule has 0 radical (unpaired) electrons. The summed E-state index contributed by atoms with van der Waals surface area (Å²) >= 11 is 0. The lowest BCUT2D eigenvalue weighted by atomic mass is 10.1. The predicted octanol–water partition coefficient (Wildman–Crippen LogP) is -1.55. The van der Waals surface area contributed by atoms with Crippen molar-refractivity contribution in [3.63, 3.8) is 0 Å². The predicted molar refractivity (Wildman–Crippen MR) is 60.4 cm³/mol. The molecule has 0 spiro atoms. The summed E-state index contributed by atoms with van der Waals surface area (Å²) in [6, 6.07) is -0.997. The maximum absolute atomic E-state index is 11.6. The lowest BCUT2D eigenvalue weighted by Gasteiger charge is -2.24. The van der Waals surface area contributed by atoms with Crippen molar-refractivity contribution < 1.29 is 9.59 Å². The topological polar surface area (TPSA) is 110 Å². The first-order valence-corrected chi connectivity index (χ1v) is 5.69. The summed E-state index contributed by atoms with van der Waals surface area (Å²) in [4.78, 5) is 23.0. The van der Waals surface area contributed by atoms with Crippen molar-refractivity contribution in [2.45, 2.75) is 37.8 Å². The van der Waals surface area contributed by atoms with Crippen LogP contribution in [0.15, 0.2) is 0 Å². The summed E-state index contributed by atoms with van der Waals surface area (Å²) in [5.74, 6) is -0.388. The fourth-order valence-corrected chi connectivity index (χ4v) is 1.66. The van der Waals surface area contributed by atoms with Crippen LogP contribution in [0.5, 0.6) is 0 Å². The van der Waals surface area contributed by atoms with Crippen LogP contribution in [0.1, 0.15) is 25.7 Å². The first kappa shape index (κ1) is 12.9. The van der Waals surface area contributed by atoms with E-state index >= 15 is 0 Å². The lowest BCUT2D eigenvalue weighted by molar-refractivity contribution is -0.130. The monoisotopic (exact) mass is 228 g/mol. The highest BCUT2D eigenvalue weighted by atomic mass is 16.2. The van der Waals surface area contributed by atoms with Crippen LogP contribution in [0.4, 0.5) is 0 Å². The van der Waals surface area contributed by atoms with E-state index in [2.05, 4.69) is 10.6 Å². The van der Waals surface area contributed by atoms with Gasteiger partial charge >= 0.3 is 0 Å². The molecule has 1 fully saturated rings. The van der Waals surface area contributed by atoms with Gasteiger partial charge in [-0.3, -0.25) is 9.59 Å². The number of rotatable bonds is 5. The van der Waals surface area contributed by atoms with Gasteiger partial charge in [0.05, 0.1) is 6.04 Å². The Bertz CT molecular complexity index is 257. The minimum Gasteiger partial charge on any atom is -0.354 e. The highest BCUT2D eigenvalue weighted by molar-refractivity contribution is 5.89. The molecule has 2 atom stereocenters. The van der Waals surface area contributed by atoms with Gasteiger partial charge in [-0.1, -0.05) is 0 Å². The Morgan fingerprint density at radius 1 is 1.62 bits per heavy atom. The van der Waals surface area contributed by atoms with Gasteiger partial charge in [0.2, 0.25) is 11.8 Å². The molecule has 0 bridgehead atoms. The molecule has 6 nitrogen and oxygen atoms in total. The molecule has 1 rings (SSSR count). The Morgan fingerprint density at radius 2 is 2.38 bits per heavy atom. The Hall–Kier alpha value is -1.14. The Balaban J connectivity index is 2.34. The van der Waals surface area contributed by atoms with E-state index in [9.17, 15) is 9.59 Å². The summed E-state index contributed by atoms with van der Waals surface area (Å²) in [6.45, 7) is 1.20. The summed E-state index contributed by atoms with van der Waals surface area (Å²) in [6.07, 6.45) is 2.83. The molecule has 1 heterocycles. The quantitative estimate of drug-likeness (QED) is 0.456. The fraction of sp³-hybridized carbons (Fsp3) is 0.800. The summed E-state index contributed by atoms with van der Waals surface area (Å²) < 4.78 is 0. The van der Waals surface area contributed by atoms with Gasteiger partial charge in [-0.25, -0.2) is 0 Å². The van der Waals surface area contributed by atoms with E-state index in [0.717, 1.165) is 6.42 Å². The average molecular weight is 228 g/mol. The van der Waals surface area contributed by atoms with Crippen LogP contribution in [0.25, 0.3) is 0 Å². The van der Waals surface area contributed by atoms with Gasteiger partial charge in [0, 0.05) is 6.54 Å². The van der Waals surface area contributed by atoms with Crippen LogP contribution >= 0.6 is 0 Å². The van der Waals surface area contributed by atoms with Crippen molar-refractivity contribution in [1.82, 2.24) is 10.6 Å². The van der Waals surface area contributed by atoms with Gasteiger partial charge in [0.25, 0.3) is 0 Å². The number of nitrogens with two attached hydrogens (primary N) is 2. The van der Waals surface area contributed by atoms with E-state index in [1.54, 1.807) is 0 Å². The maximum atomic E-state index is 11.6. The van der Waals surface area contributed by atoms with Gasteiger partial charge < -0.3 is 22.1 Å². The molecule has 0 aromatic carbocycles. The smallest absolute Gasteiger partial charge is 0.242 e. The molecule has 92 valence electrons. The van der Waals surface area contributed by atoms with E-state index < -0.39 is 12.1 Å². The number of piperidine rings is 1. The Labute approximate surface area is 95.1 Å². The molecule has 0 aromatic heterocycles. The van der Waals surface area contributed by atoms with Crippen LogP contribution < -0.4 is 22.1 Å². The fourth-order valence-electron chi connectivity index (χ4n) is 1.66. The molecule has 0 unspecified atom stereocenters. The second-order valence-corrected chi connectivity index (χ2v) is 4.03. The van der Waals surface area contributed by atoms with Crippen molar-refractivity contribution in [3.05, 3.63) is 0 Å². The first-order chi connectivity index (χ1) is 7.65. The van der Waals surface area contributed by atoms with E-state index in [4.69, 9.17) is 11.5 Å². The number of carbonyl (C=O) groups excluding carboxylic acids is 2. The molecule has 16 heavy (non-hydrogen) atoms. The molecular formula is C10H20N4O2. The highest BCUT2D eigenvalue weighted by Crippen LogP contribution is 2.03. The largest absolute Gasteiger partial charge is 0.354 e. The third-order valence-electron chi connectivity index (χ3n) is 2.66. The summed E-state index contributed by atoms with van der Waals surface area (Å²) in [5.41, 5.74) is 11.0. The SMILES string of the molecule is NCCC[C@H](N)C(=O)N[C@H]1CCCNC1=O. The van der Waals surface area contributed by atoms with Crippen LogP contribution in [-0.4, -0.2) is 37.0 Å². The minimum absolute atomic E-state index is 0.120. The van der Waals surface area contributed by atoms with E-state index in [1.165, 1.54) is 0 Å². The van der Waals surface area contributed by atoms with Crippen LogP contribution in [0.2, 0.25) is 0 Å². The van der Waals surface area contributed by atoms with E-state index in [0.29, 0.717) is 32.4 Å². The number of nitrogens with one attached hydrogen (secondary N) is 2. The molecule has 2 amide bonds. The van der Waals surface area contributed by atoms with Crippen molar-refractivity contribution in [2.24, 2.45) is 11.5 Å². The lowest BCUT2D eigenvalue weighted by Crippen LogP contribution is -2.53. The van der Waals surface area contributed by atoms with Crippen LogP contribution in [0.3, 0.4) is 0 Å². The van der Waals surface area contributed by atoms with Crippen LogP contribution in [-0.2, 0) is 9.59 Å². The van der Waals surface area contributed by atoms with Gasteiger partial charge in [0.1, 0.15) is 6.04 Å². The molecule has 1 aliphatic heterocycles. The summed E-state index contributed by atoms with van der Waals surface area (Å²) in [7, 11) is 0. The number of hydrogen-bond donors (Lipinski definition) is 4. The number of carbonyl (C=O) groups is 2. The number of hydrogen-bond acceptors (Lipinski definition) is 4. The standard InChI is InChI=1S/C10H20N4O2/c11-5-1-3-7(12)9(15)14-8-4-2-6-13-10(8)16/h7-8H,1-6,11-12H2,(H,13,16)(H,14,15)/t7-,8-/m0/s1. The van der Waals surface area contributed by atoms with Crippen molar-refractivity contribution in [2.75, 3.05) is 13.1 Å². The molecule has 0 saturated carbocycles. The molecule has 0 aliphatic carbocycles. The van der Waals surface area contributed by atoms with Gasteiger partial charge in [0.15, 0.2) is 0 Å². The third kappa shape index (κ3) is 3.79. The zero-order chi connectivity index (χ0) is 12.0. The zero-order valence-electron chi connectivity index (χ0n) is 9.37. The molecule has 1 saturated heterocycles. The zero-order valence-corrected chi connectivity index (χ0v) is 9.37. The van der Waals surface area contributed by atoms with Crippen molar-refractivity contribution >= 4 is 11.8 Å². The second-order valence-electron chi connectivity index (χ2n) is 4.03. The van der Waals surface area contributed by atoms with Crippen molar-refractivity contribution in [3.8, 4) is 0 Å². The number of amides is 2. The van der Waals surface area contributed by atoms with Crippen molar-refractivity contribution in [1.29, 1.82) is 0 Å². The van der Waals surface area contributed by atoms with Crippen LogP contribution in [0, 0.1) is 0 Å². The third-order valence-corrected chi connectivity index (χ3v) is 2.66. The van der Waals surface area contributed by atoms with Gasteiger partial charge in [-0.15, -0.1) is 0 Å². The normalized spacial score (nSPS) is 22.4. The Morgan fingerprint density at radius 3 is 3.00 bits per heavy atom. The molecular weight excluding hydrogens is 208 g/mol. The minimum atomic E-state index is -0.571. The Kier molecular flexibility index (Phi) is 5.21.